The fourth-order valence-corrected chi connectivity index (χ4v) is 3.88. The van der Waals surface area contributed by atoms with Crippen LogP contribution >= 0.6 is 11.6 Å². The van der Waals surface area contributed by atoms with Gasteiger partial charge in [-0.3, -0.25) is 14.6 Å². The molecule has 0 saturated carbocycles. The summed E-state index contributed by atoms with van der Waals surface area (Å²) in [6.07, 6.45) is 2.06. The summed E-state index contributed by atoms with van der Waals surface area (Å²) in [7, 11) is 0. The molecule has 3 aromatic rings. The first-order valence-corrected chi connectivity index (χ1v) is 9.93. The van der Waals surface area contributed by atoms with Crippen LogP contribution in [0.1, 0.15) is 48.6 Å². The van der Waals surface area contributed by atoms with E-state index in [0.717, 1.165) is 22.2 Å². The molecule has 158 valence electrons. The van der Waals surface area contributed by atoms with E-state index in [1.54, 1.807) is 6.07 Å². The van der Waals surface area contributed by atoms with E-state index in [4.69, 9.17) is 21.6 Å². The second kappa shape index (κ2) is 7.85. The Hall–Kier alpha value is -3.71. The molecule has 4 rings (SSSR count). The second-order valence-electron chi connectivity index (χ2n) is 7.40. The van der Waals surface area contributed by atoms with E-state index >= 15 is 0 Å². The number of nitrogens with zero attached hydrogens (tertiary/aromatic N) is 4. The number of hydrogen-bond donors (Lipinski definition) is 2. The van der Waals surface area contributed by atoms with E-state index in [9.17, 15) is 14.4 Å². The van der Waals surface area contributed by atoms with Crippen LogP contribution in [0.2, 0.25) is 5.02 Å². The number of benzene rings is 1. The third kappa shape index (κ3) is 3.64. The van der Waals surface area contributed by atoms with Gasteiger partial charge in [-0.25, -0.2) is 9.89 Å². The van der Waals surface area contributed by atoms with Crippen LogP contribution in [0.25, 0.3) is 5.69 Å². The summed E-state index contributed by atoms with van der Waals surface area (Å²) in [6, 6.07) is 4.61. The molecule has 2 heterocycles. The van der Waals surface area contributed by atoms with Crippen molar-refractivity contribution in [2.75, 3.05) is 0 Å². The molecule has 1 aromatic carbocycles. The summed E-state index contributed by atoms with van der Waals surface area (Å²) in [4.78, 5) is 37.8. The molecular formula is C20H17ClN6O4. The molecule has 11 heteroatoms. The summed E-state index contributed by atoms with van der Waals surface area (Å²) in [6.45, 7) is 3.83. The summed E-state index contributed by atoms with van der Waals surface area (Å²) in [5.41, 5.74) is 0.184. The largest absolute Gasteiger partial charge is 0.435 e. The Morgan fingerprint density at radius 3 is 2.68 bits per heavy atom. The van der Waals surface area contributed by atoms with Crippen molar-refractivity contribution in [2.45, 2.75) is 39.0 Å². The Bertz CT molecular complexity index is 1410. The Morgan fingerprint density at radius 2 is 1.97 bits per heavy atom. The van der Waals surface area contributed by atoms with Crippen molar-refractivity contribution in [3.63, 3.8) is 0 Å². The molecule has 0 bridgehead atoms. The normalized spacial score (nSPS) is 12.6. The number of ether oxygens (including phenoxy) is 1. The van der Waals surface area contributed by atoms with Crippen molar-refractivity contribution in [2.24, 2.45) is 0 Å². The molecule has 0 unspecified atom stereocenters. The molecule has 0 radical (unpaired) electrons. The minimum Gasteiger partial charge on any atom is -0.435 e. The molecule has 0 saturated heterocycles. The summed E-state index contributed by atoms with van der Waals surface area (Å²) < 4.78 is 7.02. The maximum absolute atomic E-state index is 12.4. The second-order valence-corrected chi connectivity index (χ2v) is 7.81. The van der Waals surface area contributed by atoms with Crippen molar-refractivity contribution in [1.82, 2.24) is 25.0 Å². The lowest BCUT2D eigenvalue weighted by molar-refractivity contribution is 0.439. The first kappa shape index (κ1) is 20.6. The molecule has 31 heavy (non-hydrogen) atoms. The minimum absolute atomic E-state index is 0.00998. The molecule has 0 fully saturated rings. The van der Waals surface area contributed by atoms with Crippen LogP contribution in [0.4, 0.5) is 0 Å². The third-order valence-electron chi connectivity index (χ3n) is 5.07. The van der Waals surface area contributed by atoms with Crippen LogP contribution < -0.4 is 21.5 Å². The van der Waals surface area contributed by atoms with Gasteiger partial charge in [0.1, 0.15) is 6.07 Å². The third-order valence-corrected chi connectivity index (χ3v) is 5.35. The Kier molecular flexibility index (Phi) is 5.20. The highest BCUT2D eigenvalue weighted by atomic mass is 35.5. The van der Waals surface area contributed by atoms with E-state index < -0.39 is 16.9 Å². The number of fused-ring (bicyclic) bond motifs is 1. The van der Waals surface area contributed by atoms with Gasteiger partial charge >= 0.3 is 5.69 Å². The molecule has 2 N–H and O–H groups in total. The maximum atomic E-state index is 12.4. The molecule has 0 atom stereocenters. The summed E-state index contributed by atoms with van der Waals surface area (Å²) in [5, 5.41) is 19.6. The zero-order chi connectivity index (χ0) is 22.3. The van der Waals surface area contributed by atoms with Crippen LogP contribution in [-0.4, -0.2) is 25.0 Å². The lowest BCUT2D eigenvalue weighted by Crippen LogP contribution is -2.33. The van der Waals surface area contributed by atoms with Gasteiger partial charge in [-0.1, -0.05) is 25.4 Å². The molecule has 1 aliphatic rings. The lowest BCUT2D eigenvalue weighted by Gasteiger charge is -2.17. The molecular weight excluding hydrogens is 424 g/mol. The minimum atomic E-state index is -0.850. The summed E-state index contributed by atoms with van der Waals surface area (Å²) in [5.74, 6) is 0.617. The van der Waals surface area contributed by atoms with Crippen molar-refractivity contribution >= 4 is 11.6 Å². The SMILES string of the molecule is CC(C)c1cc(=O)[nH]nc1Oc1c(Cl)cc(-n2nc(C#N)c(=O)[nH]c2=O)c2c1CCC2. The highest BCUT2D eigenvalue weighted by Crippen LogP contribution is 2.42. The number of aromatic nitrogens is 5. The average molecular weight is 441 g/mol. The van der Waals surface area contributed by atoms with E-state index in [1.807, 2.05) is 13.8 Å². The number of rotatable bonds is 4. The highest BCUT2D eigenvalue weighted by molar-refractivity contribution is 6.32. The van der Waals surface area contributed by atoms with E-state index in [-0.39, 0.29) is 22.4 Å². The predicted octanol–water partition coefficient (Wildman–Crippen LogP) is 1.93. The fourth-order valence-electron chi connectivity index (χ4n) is 3.63. The van der Waals surface area contributed by atoms with E-state index in [0.29, 0.717) is 29.8 Å². The standard InChI is InChI=1S/C20H17ClN6O4/c1-9(2)12-6-16(28)24-25-19(12)31-17-11-5-3-4-10(11)15(7-13(17)21)27-20(30)23-18(29)14(8-22)26-27/h6-7,9H,3-5H2,1-2H3,(H,24,28)(H,23,29,30). The zero-order valence-corrected chi connectivity index (χ0v) is 17.4. The fraction of sp³-hybridized carbons (Fsp3) is 0.300. The molecule has 0 aliphatic heterocycles. The zero-order valence-electron chi connectivity index (χ0n) is 16.7. The Morgan fingerprint density at radius 1 is 1.23 bits per heavy atom. The van der Waals surface area contributed by atoms with Gasteiger partial charge in [0.25, 0.3) is 11.1 Å². The quantitative estimate of drug-likeness (QED) is 0.629. The molecule has 0 amide bonds. The summed E-state index contributed by atoms with van der Waals surface area (Å²) >= 11 is 6.53. The average Bonchev–Trinajstić information content (AvgIpc) is 3.21. The van der Waals surface area contributed by atoms with Crippen molar-refractivity contribution in [1.29, 1.82) is 5.26 Å². The highest BCUT2D eigenvalue weighted by Gasteiger charge is 2.26. The van der Waals surface area contributed by atoms with Gasteiger partial charge in [-0.15, -0.1) is 10.2 Å². The number of nitrogens with one attached hydrogen (secondary N) is 2. The van der Waals surface area contributed by atoms with Crippen molar-refractivity contribution in [3.8, 4) is 23.4 Å². The number of halogens is 1. The van der Waals surface area contributed by atoms with Gasteiger partial charge in [0.15, 0.2) is 5.75 Å². The van der Waals surface area contributed by atoms with Gasteiger partial charge in [-0.05, 0) is 36.8 Å². The van der Waals surface area contributed by atoms with Gasteiger partial charge in [0.2, 0.25) is 11.6 Å². The Labute approximate surface area is 180 Å². The van der Waals surface area contributed by atoms with Crippen LogP contribution in [0.3, 0.4) is 0 Å². The van der Waals surface area contributed by atoms with Gasteiger partial charge in [0, 0.05) is 17.2 Å². The maximum Gasteiger partial charge on any atom is 0.349 e. The van der Waals surface area contributed by atoms with Crippen LogP contribution in [-0.2, 0) is 12.8 Å². The topological polar surface area (TPSA) is 147 Å². The van der Waals surface area contributed by atoms with Crippen molar-refractivity contribution in [3.05, 3.63) is 70.7 Å². The molecule has 2 aromatic heterocycles. The number of aromatic amines is 2. The molecule has 1 aliphatic carbocycles. The van der Waals surface area contributed by atoms with Crippen LogP contribution in [0.15, 0.2) is 26.5 Å². The lowest BCUT2D eigenvalue weighted by atomic mass is 10.1. The smallest absolute Gasteiger partial charge is 0.349 e. The molecule has 10 nitrogen and oxygen atoms in total. The van der Waals surface area contributed by atoms with Gasteiger partial charge in [0.05, 0.1) is 10.7 Å². The number of H-pyrrole nitrogens is 2. The first-order chi connectivity index (χ1) is 14.8. The van der Waals surface area contributed by atoms with E-state index in [1.165, 1.54) is 12.1 Å². The van der Waals surface area contributed by atoms with Gasteiger partial charge < -0.3 is 4.74 Å². The van der Waals surface area contributed by atoms with Crippen LogP contribution in [0, 0.1) is 11.3 Å². The van der Waals surface area contributed by atoms with E-state index in [2.05, 4.69) is 20.3 Å². The molecule has 0 spiro atoms. The first-order valence-electron chi connectivity index (χ1n) is 9.56. The van der Waals surface area contributed by atoms with Crippen molar-refractivity contribution < 1.29 is 4.74 Å². The number of nitriles is 1. The monoisotopic (exact) mass is 440 g/mol. The number of hydrogen-bond acceptors (Lipinski definition) is 7. The van der Waals surface area contributed by atoms with Gasteiger partial charge in [-0.2, -0.15) is 9.94 Å². The Balaban J connectivity index is 1.88. The predicted molar refractivity (Wildman–Crippen MR) is 111 cm³/mol. The van der Waals surface area contributed by atoms with Crippen LogP contribution in [0.5, 0.6) is 11.6 Å².